The van der Waals surface area contributed by atoms with E-state index in [2.05, 4.69) is 29.0 Å². The molecule has 0 radical (unpaired) electrons. The predicted octanol–water partition coefficient (Wildman–Crippen LogP) is 3.56. The number of aromatic amines is 1. The largest absolute Gasteiger partial charge is 0.508 e. The third-order valence-electron chi connectivity index (χ3n) is 2.71. The lowest BCUT2D eigenvalue weighted by Gasteiger charge is -1.89. The standard InChI is InChI=1S/C13H12N2OS/c1-2-9-4-6-12(17-9)13-14-10-5-3-8(16)7-11(10)15-13/h3-7,16H,2H2,1H3,(H,14,15). The Balaban J connectivity index is 2.11. The third kappa shape index (κ3) is 1.80. The summed E-state index contributed by atoms with van der Waals surface area (Å²) in [5.41, 5.74) is 1.75. The van der Waals surface area contributed by atoms with E-state index in [9.17, 15) is 5.11 Å². The maximum Gasteiger partial charge on any atom is 0.148 e. The van der Waals surface area contributed by atoms with Crippen LogP contribution in [0.1, 0.15) is 11.8 Å². The molecule has 3 aromatic rings. The molecule has 2 N–H and O–H groups in total. The summed E-state index contributed by atoms with van der Waals surface area (Å²) in [6, 6.07) is 9.38. The molecule has 0 unspecified atom stereocenters. The molecular formula is C13H12N2OS. The predicted molar refractivity (Wildman–Crippen MR) is 70.4 cm³/mol. The van der Waals surface area contributed by atoms with Crippen LogP contribution in [0.3, 0.4) is 0 Å². The Bertz CT molecular complexity index is 669. The first kappa shape index (κ1) is 10.4. The average Bonchev–Trinajstić information content (AvgIpc) is 2.93. The van der Waals surface area contributed by atoms with Crippen molar-refractivity contribution in [3.8, 4) is 16.5 Å². The van der Waals surface area contributed by atoms with Crippen LogP contribution in [0.15, 0.2) is 30.3 Å². The second kappa shape index (κ2) is 3.89. The summed E-state index contributed by atoms with van der Waals surface area (Å²) < 4.78 is 0. The molecule has 0 atom stereocenters. The fourth-order valence-corrected chi connectivity index (χ4v) is 2.70. The molecule has 0 fully saturated rings. The van der Waals surface area contributed by atoms with Crippen molar-refractivity contribution >= 4 is 22.4 Å². The van der Waals surface area contributed by atoms with Gasteiger partial charge in [-0.3, -0.25) is 0 Å². The Hall–Kier alpha value is -1.81. The summed E-state index contributed by atoms with van der Waals surface area (Å²) in [4.78, 5) is 10.2. The molecule has 86 valence electrons. The zero-order valence-electron chi connectivity index (χ0n) is 9.40. The minimum Gasteiger partial charge on any atom is -0.508 e. The molecule has 0 aliphatic heterocycles. The highest BCUT2D eigenvalue weighted by molar-refractivity contribution is 7.15. The molecule has 0 saturated carbocycles. The number of rotatable bonds is 2. The van der Waals surface area contributed by atoms with Gasteiger partial charge in [-0.25, -0.2) is 4.98 Å². The molecule has 4 heteroatoms. The zero-order valence-corrected chi connectivity index (χ0v) is 10.2. The number of phenols is 1. The number of fused-ring (bicyclic) bond motifs is 1. The van der Waals surface area contributed by atoms with Crippen LogP contribution >= 0.6 is 11.3 Å². The maximum absolute atomic E-state index is 9.41. The molecule has 0 spiro atoms. The van der Waals surface area contributed by atoms with Gasteiger partial charge in [0.2, 0.25) is 0 Å². The number of phenolic OH excluding ortho intramolecular Hbond substituents is 1. The number of benzene rings is 1. The van der Waals surface area contributed by atoms with Crippen molar-refractivity contribution in [3.05, 3.63) is 35.2 Å². The molecule has 0 saturated heterocycles. The second-order valence-corrected chi connectivity index (χ2v) is 5.07. The van der Waals surface area contributed by atoms with Gasteiger partial charge in [0.15, 0.2) is 0 Å². The number of thiophene rings is 1. The fraction of sp³-hybridized carbons (Fsp3) is 0.154. The number of H-pyrrole nitrogens is 1. The van der Waals surface area contributed by atoms with E-state index in [1.807, 2.05) is 6.07 Å². The van der Waals surface area contributed by atoms with E-state index in [0.29, 0.717) is 0 Å². The second-order valence-electron chi connectivity index (χ2n) is 3.91. The average molecular weight is 244 g/mol. The van der Waals surface area contributed by atoms with Crippen molar-refractivity contribution in [3.63, 3.8) is 0 Å². The molecule has 0 amide bonds. The third-order valence-corrected chi connectivity index (χ3v) is 3.95. The van der Waals surface area contributed by atoms with Crippen molar-refractivity contribution in [2.24, 2.45) is 0 Å². The SMILES string of the molecule is CCc1ccc(-c2nc3ccc(O)cc3[nH]2)s1. The first-order chi connectivity index (χ1) is 8.26. The van der Waals surface area contributed by atoms with E-state index in [1.165, 1.54) is 4.88 Å². The Morgan fingerprint density at radius 2 is 2.18 bits per heavy atom. The summed E-state index contributed by atoms with van der Waals surface area (Å²) in [5, 5.41) is 9.41. The normalized spacial score (nSPS) is 11.1. The number of nitrogens with one attached hydrogen (secondary N) is 1. The first-order valence-corrected chi connectivity index (χ1v) is 6.35. The lowest BCUT2D eigenvalue weighted by atomic mass is 10.3. The number of nitrogens with zero attached hydrogens (tertiary/aromatic N) is 1. The van der Waals surface area contributed by atoms with Crippen molar-refractivity contribution < 1.29 is 5.11 Å². The topological polar surface area (TPSA) is 48.9 Å². The van der Waals surface area contributed by atoms with Gasteiger partial charge < -0.3 is 10.1 Å². The smallest absolute Gasteiger partial charge is 0.148 e. The molecule has 3 rings (SSSR count). The van der Waals surface area contributed by atoms with Gasteiger partial charge in [-0.2, -0.15) is 0 Å². The molecule has 2 aromatic heterocycles. The van der Waals surface area contributed by atoms with Gasteiger partial charge in [0.1, 0.15) is 11.6 Å². The Morgan fingerprint density at radius 3 is 2.94 bits per heavy atom. The van der Waals surface area contributed by atoms with Gasteiger partial charge in [0.05, 0.1) is 15.9 Å². The van der Waals surface area contributed by atoms with E-state index >= 15 is 0 Å². The molecule has 1 aromatic carbocycles. The Kier molecular flexibility index (Phi) is 2.37. The number of aryl methyl sites for hydroxylation is 1. The highest BCUT2D eigenvalue weighted by atomic mass is 32.1. The van der Waals surface area contributed by atoms with Crippen molar-refractivity contribution in [2.45, 2.75) is 13.3 Å². The summed E-state index contributed by atoms with van der Waals surface area (Å²) in [6.07, 6.45) is 1.05. The minimum atomic E-state index is 0.258. The summed E-state index contributed by atoms with van der Waals surface area (Å²) in [5.74, 6) is 1.13. The van der Waals surface area contributed by atoms with E-state index in [1.54, 1.807) is 23.5 Å². The summed E-state index contributed by atoms with van der Waals surface area (Å²) in [7, 11) is 0. The van der Waals surface area contributed by atoms with Gasteiger partial charge in [0.25, 0.3) is 0 Å². The number of hydrogen-bond acceptors (Lipinski definition) is 3. The minimum absolute atomic E-state index is 0.258. The van der Waals surface area contributed by atoms with Crippen LogP contribution in [0.2, 0.25) is 0 Å². The van der Waals surface area contributed by atoms with Crippen LogP contribution in [0.4, 0.5) is 0 Å². The van der Waals surface area contributed by atoms with Gasteiger partial charge in [-0.1, -0.05) is 6.92 Å². The van der Waals surface area contributed by atoms with Crippen LogP contribution < -0.4 is 0 Å². The van der Waals surface area contributed by atoms with Crippen LogP contribution in [-0.2, 0) is 6.42 Å². The maximum atomic E-state index is 9.41. The molecule has 0 bridgehead atoms. The Labute approximate surface area is 103 Å². The molecule has 0 aliphatic rings. The van der Waals surface area contributed by atoms with Crippen molar-refractivity contribution in [1.82, 2.24) is 9.97 Å². The molecule has 3 nitrogen and oxygen atoms in total. The number of aromatic hydroxyl groups is 1. The molecule has 0 aliphatic carbocycles. The van der Waals surface area contributed by atoms with Gasteiger partial charge in [-0.05, 0) is 30.7 Å². The Morgan fingerprint density at radius 1 is 1.29 bits per heavy atom. The van der Waals surface area contributed by atoms with E-state index in [0.717, 1.165) is 28.2 Å². The summed E-state index contributed by atoms with van der Waals surface area (Å²) >= 11 is 1.75. The monoisotopic (exact) mass is 244 g/mol. The quantitative estimate of drug-likeness (QED) is 0.724. The molecule has 2 heterocycles. The number of hydrogen-bond donors (Lipinski definition) is 2. The van der Waals surface area contributed by atoms with Crippen LogP contribution in [0.5, 0.6) is 5.75 Å². The molecule has 17 heavy (non-hydrogen) atoms. The molecular weight excluding hydrogens is 232 g/mol. The zero-order chi connectivity index (χ0) is 11.8. The van der Waals surface area contributed by atoms with E-state index in [-0.39, 0.29) is 5.75 Å². The van der Waals surface area contributed by atoms with Crippen LogP contribution in [-0.4, -0.2) is 15.1 Å². The lowest BCUT2D eigenvalue weighted by Crippen LogP contribution is -1.72. The van der Waals surface area contributed by atoms with E-state index < -0.39 is 0 Å². The van der Waals surface area contributed by atoms with Crippen LogP contribution in [0, 0.1) is 0 Å². The van der Waals surface area contributed by atoms with E-state index in [4.69, 9.17) is 0 Å². The van der Waals surface area contributed by atoms with Crippen LogP contribution in [0.25, 0.3) is 21.7 Å². The number of imidazole rings is 1. The van der Waals surface area contributed by atoms with Crippen molar-refractivity contribution in [1.29, 1.82) is 0 Å². The van der Waals surface area contributed by atoms with Crippen molar-refractivity contribution in [2.75, 3.05) is 0 Å². The highest BCUT2D eigenvalue weighted by Crippen LogP contribution is 2.28. The lowest BCUT2D eigenvalue weighted by molar-refractivity contribution is 0.476. The highest BCUT2D eigenvalue weighted by Gasteiger charge is 2.07. The fourth-order valence-electron chi connectivity index (χ4n) is 1.81. The first-order valence-electron chi connectivity index (χ1n) is 5.54. The number of aromatic nitrogens is 2. The van der Waals surface area contributed by atoms with Gasteiger partial charge >= 0.3 is 0 Å². The summed E-state index contributed by atoms with van der Waals surface area (Å²) in [6.45, 7) is 2.15. The van der Waals surface area contributed by atoms with Gasteiger partial charge in [-0.15, -0.1) is 11.3 Å². The van der Waals surface area contributed by atoms with Gasteiger partial charge in [0, 0.05) is 10.9 Å².